The number of benzene rings is 3. The summed E-state index contributed by atoms with van der Waals surface area (Å²) in [4.78, 5) is 17.0. The van der Waals surface area contributed by atoms with Gasteiger partial charge in [0.15, 0.2) is 0 Å². The molecule has 3 aromatic carbocycles. The molecule has 7 heteroatoms. The first-order valence-corrected chi connectivity index (χ1v) is 11.2. The lowest BCUT2D eigenvalue weighted by Crippen LogP contribution is -2.26. The molecule has 5 nitrogen and oxygen atoms in total. The van der Waals surface area contributed by atoms with Crippen molar-refractivity contribution in [2.24, 2.45) is 0 Å². The van der Waals surface area contributed by atoms with Gasteiger partial charge in [0, 0.05) is 23.6 Å². The van der Waals surface area contributed by atoms with Gasteiger partial charge < -0.3 is 14.6 Å². The number of carbonyl (C=O) groups is 1. The molecule has 1 aromatic heterocycles. The normalized spacial score (nSPS) is 11.0. The number of halogens is 2. The van der Waals surface area contributed by atoms with Crippen LogP contribution in [0.4, 0.5) is 4.39 Å². The van der Waals surface area contributed by atoms with Crippen molar-refractivity contribution in [2.75, 3.05) is 13.7 Å². The number of nitrogens with zero attached hydrogens (tertiary/aromatic N) is 2. The maximum atomic E-state index is 14.4. The number of hydrogen-bond donors (Lipinski definition) is 1. The van der Waals surface area contributed by atoms with E-state index >= 15 is 0 Å². The molecule has 0 aliphatic heterocycles. The predicted octanol–water partition coefficient (Wildman–Crippen LogP) is 5.18. The molecule has 0 unspecified atom stereocenters. The van der Waals surface area contributed by atoms with E-state index in [1.807, 2.05) is 53.1 Å². The van der Waals surface area contributed by atoms with E-state index < -0.39 is 0 Å². The molecular formula is C26H25ClFN3O2. The molecule has 0 bridgehead atoms. The summed E-state index contributed by atoms with van der Waals surface area (Å²) < 4.78 is 21.6. The summed E-state index contributed by atoms with van der Waals surface area (Å²) in [6, 6.07) is 19.9. The first-order valence-electron chi connectivity index (χ1n) is 10.8. The summed E-state index contributed by atoms with van der Waals surface area (Å²) in [5.41, 5.74) is 3.15. The van der Waals surface area contributed by atoms with E-state index in [1.54, 1.807) is 19.2 Å². The van der Waals surface area contributed by atoms with Crippen LogP contribution in [-0.2, 0) is 24.2 Å². The Labute approximate surface area is 197 Å². The van der Waals surface area contributed by atoms with Gasteiger partial charge in [-0.25, -0.2) is 9.37 Å². The zero-order valence-electron chi connectivity index (χ0n) is 18.4. The molecule has 0 fully saturated rings. The number of hydrogen-bond acceptors (Lipinski definition) is 3. The molecule has 0 radical (unpaired) electrons. The van der Waals surface area contributed by atoms with Gasteiger partial charge in [-0.05, 0) is 48.4 Å². The van der Waals surface area contributed by atoms with Crippen molar-refractivity contribution in [1.82, 2.24) is 14.9 Å². The van der Waals surface area contributed by atoms with E-state index in [1.165, 1.54) is 6.07 Å². The van der Waals surface area contributed by atoms with Gasteiger partial charge in [0.2, 0.25) is 5.91 Å². The maximum absolute atomic E-state index is 14.4. The van der Waals surface area contributed by atoms with Crippen molar-refractivity contribution in [3.8, 4) is 5.75 Å². The van der Waals surface area contributed by atoms with Gasteiger partial charge in [-0.15, -0.1) is 0 Å². The van der Waals surface area contributed by atoms with E-state index in [-0.39, 0.29) is 11.7 Å². The van der Waals surface area contributed by atoms with Crippen molar-refractivity contribution in [3.05, 3.63) is 94.5 Å². The van der Waals surface area contributed by atoms with Crippen LogP contribution in [0.15, 0.2) is 66.7 Å². The van der Waals surface area contributed by atoms with Crippen LogP contribution in [0.2, 0.25) is 5.02 Å². The van der Waals surface area contributed by atoms with Gasteiger partial charge in [0.05, 0.1) is 31.1 Å². The van der Waals surface area contributed by atoms with Gasteiger partial charge in [0.1, 0.15) is 17.4 Å². The summed E-state index contributed by atoms with van der Waals surface area (Å²) in [6.45, 7) is 0.823. The average Bonchev–Trinajstić information content (AvgIpc) is 3.17. The highest BCUT2D eigenvalue weighted by Gasteiger charge is 2.15. The minimum Gasteiger partial charge on any atom is -0.497 e. The summed E-state index contributed by atoms with van der Waals surface area (Å²) in [5, 5.41) is 3.36. The first kappa shape index (κ1) is 22.8. The molecule has 170 valence electrons. The van der Waals surface area contributed by atoms with E-state index in [0.717, 1.165) is 28.2 Å². The average molecular weight is 466 g/mol. The number of para-hydroxylation sites is 2. The Morgan fingerprint density at radius 1 is 1.09 bits per heavy atom. The molecule has 4 rings (SSSR count). The Morgan fingerprint density at radius 2 is 1.88 bits per heavy atom. The molecule has 1 heterocycles. The zero-order chi connectivity index (χ0) is 23.2. The second kappa shape index (κ2) is 10.5. The fraction of sp³-hybridized carbons (Fsp3) is 0.231. The molecule has 33 heavy (non-hydrogen) atoms. The topological polar surface area (TPSA) is 56.1 Å². The second-order valence-electron chi connectivity index (χ2n) is 7.78. The molecule has 0 spiro atoms. The Kier molecular flexibility index (Phi) is 7.25. The highest BCUT2D eigenvalue weighted by atomic mass is 35.5. The lowest BCUT2D eigenvalue weighted by molar-refractivity contribution is -0.120. The third-order valence-electron chi connectivity index (χ3n) is 5.53. The molecule has 0 saturated carbocycles. The van der Waals surface area contributed by atoms with Gasteiger partial charge >= 0.3 is 0 Å². The van der Waals surface area contributed by atoms with Gasteiger partial charge in [-0.1, -0.05) is 41.9 Å². The number of rotatable bonds is 9. The van der Waals surface area contributed by atoms with Crippen molar-refractivity contribution in [3.63, 3.8) is 0 Å². The quantitative estimate of drug-likeness (QED) is 0.347. The number of aryl methyl sites for hydroxylation is 1. The number of amides is 1. The first-order chi connectivity index (χ1) is 16.0. The van der Waals surface area contributed by atoms with Crippen LogP contribution in [0.25, 0.3) is 11.0 Å². The van der Waals surface area contributed by atoms with Crippen LogP contribution in [0.5, 0.6) is 5.75 Å². The SMILES string of the molecule is COc1ccc(CC(=O)NCCCc2nc3ccccc3n2Cc2c(F)cccc2Cl)cc1. The van der Waals surface area contributed by atoms with E-state index in [0.29, 0.717) is 42.9 Å². The second-order valence-corrected chi connectivity index (χ2v) is 8.19. The Balaban J connectivity index is 1.40. The van der Waals surface area contributed by atoms with Crippen LogP contribution >= 0.6 is 11.6 Å². The molecule has 1 N–H and O–H groups in total. The summed E-state index contributed by atoms with van der Waals surface area (Å²) in [7, 11) is 1.61. The molecule has 0 aliphatic rings. The van der Waals surface area contributed by atoms with Crippen molar-refractivity contribution >= 4 is 28.5 Å². The Morgan fingerprint density at radius 3 is 2.64 bits per heavy atom. The maximum Gasteiger partial charge on any atom is 0.224 e. The van der Waals surface area contributed by atoms with Gasteiger partial charge in [0.25, 0.3) is 0 Å². The molecule has 0 aliphatic carbocycles. The number of imidazole rings is 1. The highest BCUT2D eigenvalue weighted by molar-refractivity contribution is 6.31. The van der Waals surface area contributed by atoms with Crippen LogP contribution in [0.3, 0.4) is 0 Å². The van der Waals surface area contributed by atoms with E-state index in [2.05, 4.69) is 5.32 Å². The molecule has 0 atom stereocenters. The molecule has 0 saturated heterocycles. The summed E-state index contributed by atoms with van der Waals surface area (Å²) in [6.07, 6.45) is 1.67. The number of carbonyl (C=O) groups excluding carboxylic acids is 1. The van der Waals surface area contributed by atoms with Crippen LogP contribution in [0.1, 0.15) is 23.4 Å². The number of nitrogens with one attached hydrogen (secondary N) is 1. The standard InChI is InChI=1S/C26H25ClFN3O2/c1-33-19-13-11-18(12-14-19)16-26(32)29-15-5-10-25-30-23-8-2-3-9-24(23)31(25)17-20-21(27)6-4-7-22(20)28/h2-4,6-9,11-14H,5,10,15-17H2,1H3,(H,29,32). The Bertz CT molecular complexity index is 1230. The minimum atomic E-state index is -0.336. The van der Waals surface area contributed by atoms with Crippen LogP contribution in [-0.4, -0.2) is 29.1 Å². The largest absolute Gasteiger partial charge is 0.497 e. The molecular weight excluding hydrogens is 441 g/mol. The Hall–Kier alpha value is -3.38. The van der Waals surface area contributed by atoms with E-state index in [4.69, 9.17) is 21.3 Å². The van der Waals surface area contributed by atoms with Gasteiger partial charge in [-0.2, -0.15) is 0 Å². The lowest BCUT2D eigenvalue weighted by Gasteiger charge is -2.12. The fourth-order valence-electron chi connectivity index (χ4n) is 3.80. The third-order valence-corrected chi connectivity index (χ3v) is 5.89. The minimum absolute atomic E-state index is 0.0354. The highest BCUT2D eigenvalue weighted by Crippen LogP contribution is 2.24. The van der Waals surface area contributed by atoms with E-state index in [9.17, 15) is 9.18 Å². The van der Waals surface area contributed by atoms with Crippen molar-refractivity contribution < 1.29 is 13.9 Å². The third kappa shape index (κ3) is 5.52. The van der Waals surface area contributed by atoms with Crippen LogP contribution < -0.4 is 10.1 Å². The number of ether oxygens (including phenoxy) is 1. The summed E-state index contributed by atoms with van der Waals surface area (Å²) >= 11 is 6.27. The number of fused-ring (bicyclic) bond motifs is 1. The molecule has 4 aromatic rings. The summed E-state index contributed by atoms with van der Waals surface area (Å²) in [5.74, 6) is 1.22. The fourth-order valence-corrected chi connectivity index (χ4v) is 4.02. The molecule has 1 amide bonds. The smallest absolute Gasteiger partial charge is 0.224 e. The van der Waals surface area contributed by atoms with Gasteiger partial charge in [-0.3, -0.25) is 4.79 Å². The van der Waals surface area contributed by atoms with Crippen LogP contribution in [0, 0.1) is 5.82 Å². The predicted molar refractivity (Wildman–Crippen MR) is 128 cm³/mol. The monoisotopic (exact) mass is 465 g/mol. The van der Waals surface area contributed by atoms with Crippen molar-refractivity contribution in [1.29, 1.82) is 0 Å². The van der Waals surface area contributed by atoms with Crippen molar-refractivity contribution in [2.45, 2.75) is 25.8 Å². The number of aromatic nitrogens is 2. The lowest BCUT2D eigenvalue weighted by atomic mass is 10.1. The zero-order valence-corrected chi connectivity index (χ0v) is 19.1. The number of methoxy groups -OCH3 is 1.